The predicted molar refractivity (Wildman–Crippen MR) is 51.5 cm³/mol. The van der Waals surface area contributed by atoms with Gasteiger partial charge in [-0.25, -0.2) is 9.31 Å². The van der Waals surface area contributed by atoms with Crippen molar-refractivity contribution in [1.82, 2.24) is 9.61 Å². The largest absolute Gasteiger partial charge is 0.465 e. The van der Waals surface area contributed by atoms with Gasteiger partial charge in [0.05, 0.1) is 18.8 Å². The molecule has 0 aliphatic heterocycles. The van der Waals surface area contributed by atoms with Gasteiger partial charge in [0.15, 0.2) is 0 Å². The molecule has 0 bridgehead atoms. The molecule has 2 aromatic rings. The Morgan fingerprint density at radius 2 is 2.43 bits per heavy atom. The van der Waals surface area contributed by atoms with Crippen molar-refractivity contribution < 1.29 is 9.53 Å². The van der Waals surface area contributed by atoms with Crippen molar-refractivity contribution in [2.75, 3.05) is 7.11 Å². The lowest BCUT2D eigenvalue weighted by atomic mass is 10.3. The molecule has 0 saturated heterocycles. The number of hydrogen-bond acceptors (Lipinski definition) is 3. The molecule has 4 nitrogen and oxygen atoms in total. The Morgan fingerprint density at radius 1 is 1.64 bits per heavy atom. The number of halogens is 1. The smallest absolute Gasteiger partial charge is 0.341 e. The normalized spacial score (nSPS) is 10.4. The third-order valence-electron chi connectivity index (χ3n) is 1.89. The molecule has 2 heterocycles. The molecule has 0 aliphatic carbocycles. The highest BCUT2D eigenvalue weighted by Crippen LogP contribution is 2.16. The average molecular weight is 211 g/mol. The number of carbonyl (C=O) groups excluding carboxylic acids is 1. The van der Waals surface area contributed by atoms with Crippen LogP contribution >= 0.6 is 11.6 Å². The fourth-order valence-corrected chi connectivity index (χ4v) is 1.38. The van der Waals surface area contributed by atoms with Gasteiger partial charge in [0, 0.05) is 11.2 Å². The second-order valence-electron chi connectivity index (χ2n) is 2.72. The highest BCUT2D eigenvalue weighted by Gasteiger charge is 2.12. The summed E-state index contributed by atoms with van der Waals surface area (Å²) in [6.45, 7) is 0. The molecule has 0 amide bonds. The van der Waals surface area contributed by atoms with Crippen LogP contribution in [0.4, 0.5) is 0 Å². The van der Waals surface area contributed by atoms with Gasteiger partial charge in [0.25, 0.3) is 0 Å². The first-order valence-corrected chi connectivity index (χ1v) is 4.31. The van der Waals surface area contributed by atoms with Gasteiger partial charge in [-0.1, -0.05) is 11.6 Å². The lowest BCUT2D eigenvalue weighted by Crippen LogP contribution is -2.00. The second-order valence-corrected chi connectivity index (χ2v) is 3.16. The maximum atomic E-state index is 11.3. The number of methoxy groups -OCH3 is 1. The van der Waals surface area contributed by atoms with Crippen molar-refractivity contribution in [1.29, 1.82) is 0 Å². The van der Waals surface area contributed by atoms with E-state index in [1.165, 1.54) is 13.3 Å². The van der Waals surface area contributed by atoms with E-state index in [0.717, 1.165) is 0 Å². The van der Waals surface area contributed by atoms with Gasteiger partial charge in [-0.2, -0.15) is 5.10 Å². The van der Waals surface area contributed by atoms with E-state index in [1.54, 1.807) is 22.8 Å². The van der Waals surface area contributed by atoms with E-state index in [2.05, 4.69) is 9.84 Å². The number of carbonyl (C=O) groups is 1. The van der Waals surface area contributed by atoms with Gasteiger partial charge in [0.2, 0.25) is 0 Å². The predicted octanol–water partition coefficient (Wildman–Crippen LogP) is 1.77. The summed E-state index contributed by atoms with van der Waals surface area (Å²) in [6, 6.07) is 3.36. The third kappa shape index (κ3) is 1.33. The summed E-state index contributed by atoms with van der Waals surface area (Å²) in [6.07, 6.45) is 3.14. The molecule has 14 heavy (non-hydrogen) atoms. The molecule has 0 saturated carbocycles. The Balaban J connectivity index is 2.67. The summed E-state index contributed by atoms with van der Waals surface area (Å²) in [7, 11) is 1.33. The van der Waals surface area contributed by atoms with E-state index in [9.17, 15) is 4.79 Å². The van der Waals surface area contributed by atoms with Gasteiger partial charge in [0.1, 0.15) is 5.56 Å². The van der Waals surface area contributed by atoms with Crippen LogP contribution in [0, 0.1) is 0 Å². The monoisotopic (exact) mass is 210 g/mol. The molecule has 0 fully saturated rings. The van der Waals surface area contributed by atoms with Crippen molar-refractivity contribution in [2.45, 2.75) is 0 Å². The minimum Gasteiger partial charge on any atom is -0.465 e. The molecule has 5 heteroatoms. The van der Waals surface area contributed by atoms with Gasteiger partial charge in [-0.15, -0.1) is 0 Å². The van der Waals surface area contributed by atoms with Crippen molar-refractivity contribution in [2.24, 2.45) is 0 Å². The zero-order chi connectivity index (χ0) is 10.1. The van der Waals surface area contributed by atoms with Crippen LogP contribution in [0.2, 0.25) is 5.02 Å². The van der Waals surface area contributed by atoms with Crippen LogP contribution < -0.4 is 0 Å². The Labute approximate surface area is 85.0 Å². The first-order chi connectivity index (χ1) is 6.72. The molecule has 2 aromatic heterocycles. The zero-order valence-corrected chi connectivity index (χ0v) is 8.15. The number of pyridine rings is 1. The fourth-order valence-electron chi connectivity index (χ4n) is 1.22. The average Bonchev–Trinajstić information content (AvgIpc) is 2.59. The van der Waals surface area contributed by atoms with Crippen LogP contribution in [0.5, 0.6) is 0 Å². The lowest BCUT2D eigenvalue weighted by molar-refractivity contribution is 0.0603. The SMILES string of the molecule is COC(=O)c1cnn2ccc(Cl)cc12. The third-order valence-corrected chi connectivity index (χ3v) is 2.12. The van der Waals surface area contributed by atoms with E-state index in [0.29, 0.717) is 16.1 Å². The molecule has 0 N–H and O–H groups in total. The summed E-state index contributed by atoms with van der Waals surface area (Å²) in [5.41, 5.74) is 1.05. The number of nitrogens with zero attached hydrogens (tertiary/aromatic N) is 2. The molecule has 72 valence electrons. The van der Waals surface area contributed by atoms with E-state index in [-0.39, 0.29) is 0 Å². The number of hydrogen-bond donors (Lipinski definition) is 0. The van der Waals surface area contributed by atoms with Gasteiger partial charge in [-0.05, 0) is 12.1 Å². The molecule has 0 atom stereocenters. The quantitative estimate of drug-likeness (QED) is 0.674. The van der Waals surface area contributed by atoms with Crippen molar-refractivity contribution in [3.05, 3.63) is 35.1 Å². The summed E-state index contributed by atoms with van der Waals surface area (Å²) < 4.78 is 6.17. The van der Waals surface area contributed by atoms with Crippen molar-refractivity contribution >= 4 is 23.1 Å². The summed E-state index contributed by atoms with van der Waals surface area (Å²) in [5, 5.41) is 4.54. The summed E-state index contributed by atoms with van der Waals surface area (Å²) in [4.78, 5) is 11.3. The van der Waals surface area contributed by atoms with E-state index in [1.807, 2.05) is 0 Å². The molecule has 0 unspecified atom stereocenters. The number of ether oxygens (including phenoxy) is 1. The number of esters is 1. The second kappa shape index (κ2) is 3.31. The maximum absolute atomic E-state index is 11.3. The molecular weight excluding hydrogens is 204 g/mol. The molecule has 2 rings (SSSR count). The first kappa shape index (κ1) is 9.02. The Morgan fingerprint density at radius 3 is 3.14 bits per heavy atom. The number of aromatic nitrogens is 2. The van der Waals surface area contributed by atoms with Crippen LogP contribution in [0.3, 0.4) is 0 Å². The van der Waals surface area contributed by atoms with Gasteiger partial charge >= 0.3 is 5.97 Å². The zero-order valence-electron chi connectivity index (χ0n) is 7.40. The maximum Gasteiger partial charge on any atom is 0.341 e. The van der Waals surface area contributed by atoms with Crippen molar-refractivity contribution in [3.8, 4) is 0 Å². The Hall–Kier alpha value is -1.55. The fraction of sp³-hybridized carbons (Fsp3) is 0.111. The summed E-state index contributed by atoms with van der Waals surface area (Å²) in [5.74, 6) is -0.415. The minimum atomic E-state index is -0.415. The lowest BCUT2D eigenvalue weighted by Gasteiger charge is -1.97. The Kier molecular flexibility index (Phi) is 2.13. The van der Waals surface area contributed by atoms with Crippen LogP contribution in [0.15, 0.2) is 24.5 Å². The molecule has 0 aliphatic rings. The standard InChI is InChI=1S/C9H7ClN2O2/c1-14-9(13)7-5-11-12-3-2-6(10)4-8(7)12/h2-5H,1H3. The van der Waals surface area contributed by atoms with Crippen LogP contribution in [-0.2, 0) is 4.74 Å². The van der Waals surface area contributed by atoms with E-state index in [4.69, 9.17) is 11.6 Å². The van der Waals surface area contributed by atoms with Crippen LogP contribution in [-0.4, -0.2) is 22.7 Å². The van der Waals surface area contributed by atoms with Crippen molar-refractivity contribution in [3.63, 3.8) is 0 Å². The molecule has 0 radical (unpaired) electrons. The topological polar surface area (TPSA) is 43.6 Å². The Bertz CT molecular complexity index is 493. The number of fused-ring (bicyclic) bond motifs is 1. The van der Waals surface area contributed by atoms with Gasteiger partial charge < -0.3 is 4.74 Å². The molecular formula is C9H7ClN2O2. The highest BCUT2D eigenvalue weighted by atomic mass is 35.5. The number of rotatable bonds is 1. The first-order valence-electron chi connectivity index (χ1n) is 3.93. The van der Waals surface area contributed by atoms with Crippen LogP contribution in [0.25, 0.3) is 5.52 Å². The molecule has 0 spiro atoms. The van der Waals surface area contributed by atoms with E-state index < -0.39 is 5.97 Å². The molecule has 0 aromatic carbocycles. The summed E-state index contributed by atoms with van der Waals surface area (Å²) >= 11 is 5.80. The van der Waals surface area contributed by atoms with Gasteiger partial charge in [-0.3, -0.25) is 0 Å². The van der Waals surface area contributed by atoms with E-state index >= 15 is 0 Å². The van der Waals surface area contributed by atoms with Crippen LogP contribution in [0.1, 0.15) is 10.4 Å². The minimum absolute atomic E-state index is 0.412. The highest BCUT2D eigenvalue weighted by molar-refractivity contribution is 6.31.